The van der Waals surface area contributed by atoms with Gasteiger partial charge in [-0.05, 0) is 25.7 Å². The predicted octanol–water partition coefficient (Wildman–Crippen LogP) is 0.279. The second-order valence-corrected chi connectivity index (χ2v) is 4.23. The summed E-state index contributed by atoms with van der Waals surface area (Å²) in [6.45, 7) is 0.867. The minimum atomic E-state index is 0.0584. The quantitative estimate of drug-likeness (QED) is 0.568. The Morgan fingerprint density at radius 2 is 2.56 bits per heavy atom. The van der Waals surface area contributed by atoms with Gasteiger partial charge >= 0.3 is 0 Å². The Balaban J connectivity index is 1.97. The highest BCUT2D eigenvalue weighted by Gasteiger charge is 2.22. The molecular formula is C10H19N5O. The zero-order valence-electron chi connectivity index (χ0n) is 9.59. The van der Waals surface area contributed by atoms with Crippen molar-refractivity contribution >= 4 is 0 Å². The number of ether oxygens (including phenoxy) is 1. The molecule has 1 aliphatic rings. The van der Waals surface area contributed by atoms with Gasteiger partial charge in [0, 0.05) is 13.7 Å². The van der Waals surface area contributed by atoms with Crippen molar-refractivity contribution < 1.29 is 4.74 Å². The number of hydrogen-bond donors (Lipinski definition) is 2. The predicted molar refractivity (Wildman–Crippen MR) is 59.3 cm³/mol. The fourth-order valence-electron chi connectivity index (χ4n) is 2.14. The molecule has 16 heavy (non-hydrogen) atoms. The van der Waals surface area contributed by atoms with E-state index in [0.29, 0.717) is 6.10 Å². The van der Waals surface area contributed by atoms with Gasteiger partial charge < -0.3 is 4.74 Å². The number of hydrazine groups is 1. The Morgan fingerprint density at radius 3 is 3.12 bits per heavy atom. The van der Waals surface area contributed by atoms with Crippen molar-refractivity contribution in [1.29, 1.82) is 0 Å². The van der Waals surface area contributed by atoms with Crippen LogP contribution in [0.15, 0.2) is 6.20 Å². The number of nitrogens with two attached hydrogens (primary N) is 1. The van der Waals surface area contributed by atoms with Crippen LogP contribution in [0.2, 0.25) is 0 Å². The summed E-state index contributed by atoms with van der Waals surface area (Å²) in [7, 11) is 1.87. The molecule has 0 amide bonds. The molecule has 0 spiro atoms. The third-order valence-electron chi connectivity index (χ3n) is 3.08. The summed E-state index contributed by atoms with van der Waals surface area (Å²) in [6, 6.07) is 0.0584. The van der Waals surface area contributed by atoms with E-state index in [2.05, 4.69) is 15.7 Å². The monoisotopic (exact) mass is 225 g/mol. The first-order valence-electron chi connectivity index (χ1n) is 5.73. The molecule has 6 heteroatoms. The number of aryl methyl sites for hydroxylation is 1. The van der Waals surface area contributed by atoms with Crippen molar-refractivity contribution in [3.63, 3.8) is 0 Å². The third kappa shape index (κ3) is 2.58. The first-order valence-corrected chi connectivity index (χ1v) is 5.73. The maximum Gasteiger partial charge on any atom is 0.0767 e. The summed E-state index contributed by atoms with van der Waals surface area (Å²) in [4.78, 5) is 0. The Labute approximate surface area is 95.1 Å². The molecule has 0 bridgehead atoms. The van der Waals surface area contributed by atoms with Crippen molar-refractivity contribution in [1.82, 2.24) is 20.4 Å². The van der Waals surface area contributed by atoms with Gasteiger partial charge in [-0.25, -0.2) is 0 Å². The lowest BCUT2D eigenvalue weighted by molar-refractivity contribution is 0.00456. The van der Waals surface area contributed by atoms with Crippen LogP contribution in [0.5, 0.6) is 0 Å². The first-order chi connectivity index (χ1) is 7.81. The van der Waals surface area contributed by atoms with Gasteiger partial charge in [-0.15, -0.1) is 5.10 Å². The van der Waals surface area contributed by atoms with Crippen molar-refractivity contribution in [3.05, 3.63) is 11.9 Å². The van der Waals surface area contributed by atoms with E-state index in [1.807, 2.05) is 7.05 Å². The Bertz CT molecular complexity index is 321. The number of rotatable bonds is 4. The fourth-order valence-corrected chi connectivity index (χ4v) is 2.14. The average molecular weight is 225 g/mol. The minimum Gasteiger partial charge on any atom is -0.378 e. The van der Waals surface area contributed by atoms with Gasteiger partial charge in [-0.1, -0.05) is 5.21 Å². The number of nitrogens with one attached hydrogen (secondary N) is 1. The zero-order valence-corrected chi connectivity index (χ0v) is 9.59. The fraction of sp³-hybridized carbons (Fsp3) is 0.800. The van der Waals surface area contributed by atoms with Crippen LogP contribution in [-0.2, 0) is 11.8 Å². The molecule has 0 aliphatic carbocycles. The molecule has 1 aliphatic heterocycles. The highest BCUT2D eigenvalue weighted by molar-refractivity contribution is 5.01. The Kier molecular flexibility index (Phi) is 3.87. The van der Waals surface area contributed by atoms with Crippen LogP contribution >= 0.6 is 0 Å². The molecule has 6 nitrogen and oxygen atoms in total. The maximum absolute atomic E-state index is 5.70. The summed E-state index contributed by atoms with van der Waals surface area (Å²) in [6.07, 6.45) is 6.44. The average Bonchev–Trinajstić information content (AvgIpc) is 2.74. The molecule has 2 atom stereocenters. The lowest BCUT2D eigenvalue weighted by Crippen LogP contribution is -2.34. The molecule has 0 radical (unpaired) electrons. The molecule has 1 aromatic heterocycles. The molecule has 0 aromatic carbocycles. The van der Waals surface area contributed by atoms with Gasteiger partial charge in [-0.3, -0.25) is 16.0 Å². The molecule has 90 valence electrons. The van der Waals surface area contributed by atoms with Crippen LogP contribution < -0.4 is 11.3 Å². The Hall–Kier alpha value is -0.980. The SMILES string of the molecule is Cn1nncc1C(CC1CCCCO1)NN. The maximum atomic E-state index is 5.70. The van der Waals surface area contributed by atoms with Crippen molar-refractivity contribution in [2.45, 2.75) is 37.8 Å². The van der Waals surface area contributed by atoms with Crippen LogP contribution in [-0.4, -0.2) is 27.7 Å². The molecule has 1 saturated heterocycles. The van der Waals surface area contributed by atoms with E-state index in [1.165, 1.54) is 12.8 Å². The molecule has 2 heterocycles. The van der Waals surface area contributed by atoms with E-state index in [1.54, 1.807) is 10.9 Å². The van der Waals surface area contributed by atoms with Crippen molar-refractivity contribution in [2.24, 2.45) is 12.9 Å². The molecule has 2 rings (SSSR count). The summed E-state index contributed by atoms with van der Waals surface area (Å²) in [5.41, 5.74) is 3.81. The normalized spacial score (nSPS) is 23.2. The largest absolute Gasteiger partial charge is 0.378 e. The number of hydrogen-bond acceptors (Lipinski definition) is 5. The van der Waals surface area contributed by atoms with E-state index < -0.39 is 0 Å². The smallest absolute Gasteiger partial charge is 0.0767 e. The molecule has 1 aromatic rings. The number of aromatic nitrogens is 3. The third-order valence-corrected chi connectivity index (χ3v) is 3.08. The van der Waals surface area contributed by atoms with Crippen LogP contribution in [0.1, 0.15) is 37.4 Å². The summed E-state index contributed by atoms with van der Waals surface area (Å²) >= 11 is 0. The van der Waals surface area contributed by atoms with Crippen LogP contribution in [0.25, 0.3) is 0 Å². The van der Waals surface area contributed by atoms with Gasteiger partial charge in [0.25, 0.3) is 0 Å². The summed E-state index contributed by atoms with van der Waals surface area (Å²) in [5.74, 6) is 5.58. The standard InChI is InChI=1S/C10H19N5O/c1-15-10(7-12-14-15)9(13-11)6-8-4-2-3-5-16-8/h7-9,13H,2-6,11H2,1H3. The first kappa shape index (κ1) is 11.5. The highest BCUT2D eigenvalue weighted by Crippen LogP contribution is 2.23. The second kappa shape index (κ2) is 5.38. The summed E-state index contributed by atoms with van der Waals surface area (Å²) in [5, 5.41) is 7.77. The van der Waals surface area contributed by atoms with Gasteiger partial charge in [0.15, 0.2) is 0 Å². The van der Waals surface area contributed by atoms with Gasteiger partial charge in [0.05, 0.1) is 24.0 Å². The van der Waals surface area contributed by atoms with E-state index in [-0.39, 0.29) is 6.04 Å². The van der Waals surface area contributed by atoms with E-state index in [4.69, 9.17) is 10.6 Å². The lowest BCUT2D eigenvalue weighted by atomic mass is 10.0. The van der Waals surface area contributed by atoms with Crippen LogP contribution in [0.3, 0.4) is 0 Å². The molecule has 3 N–H and O–H groups in total. The van der Waals surface area contributed by atoms with Gasteiger partial charge in [-0.2, -0.15) is 0 Å². The minimum absolute atomic E-state index is 0.0584. The van der Waals surface area contributed by atoms with Gasteiger partial charge in [0.1, 0.15) is 0 Å². The molecule has 1 fully saturated rings. The molecular weight excluding hydrogens is 206 g/mol. The summed E-state index contributed by atoms with van der Waals surface area (Å²) < 4.78 is 7.45. The van der Waals surface area contributed by atoms with E-state index in [0.717, 1.165) is 25.1 Å². The van der Waals surface area contributed by atoms with Crippen LogP contribution in [0, 0.1) is 0 Å². The Morgan fingerprint density at radius 1 is 1.69 bits per heavy atom. The highest BCUT2D eigenvalue weighted by atomic mass is 16.5. The van der Waals surface area contributed by atoms with Gasteiger partial charge in [0.2, 0.25) is 0 Å². The van der Waals surface area contributed by atoms with Crippen LogP contribution in [0.4, 0.5) is 0 Å². The number of nitrogens with zero attached hydrogens (tertiary/aromatic N) is 3. The van der Waals surface area contributed by atoms with E-state index >= 15 is 0 Å². The second-order valence-electron chi connectivity index (χ2n) is 4.23. The van der Waals surface area contributed by atoms with E-state index in [9.17, 15) is 0 Å². The molecule has 2 unspecified atom stereocenters. The molecule has 0 saturated carbocycles. The zero-order chi connectivity index (χ0) is 11.4. The van der Waals surface area contributed by atoms with Crippen molar-refractivity contribution in [2.75, 3.05) is 6.61 Å². The topological polar surface area (TPSA) is 78.0 Å². The lowest BCUT2D eigenvalue weighted by Gasteiger charge is -2.26. The van der Waals surface area contributed by atoms with Crippen molar-refractivity contribution in [3.8, 4) is 0 Å².